The van der Waals surface area contributed by atoms with E-state index < -0.39 is 35.0 Å². The van der Waals surface area contributed by atoms with Crippen LogP contribution >= 0.6 is 22.6 Å². The summed E-state index contributed by atoms with van der Waals surface area (Å²) in [6.07, 6.45) is -3.39. The number of esters is 1. The Morgan fingerprint density at radius 2 is 2.26 bits per heavy atom. The predicted octanol–water partition coefficient (Wildman–Crippen LogP) is 2.64. The van der Waals surface area contributed by atoms with E-state index in [1.807, 2.05) is 0 Å². The number of aromatic nitrogens is 1. The summed E-state index contributed by atoms with van der Waals surface area (Å²) in [7, 11) is 0. The number of hydrogen-bond donors (Lipinski definition) is 0. The molecule has 0 amide bonds. The van der Waals surface area contributed by atoms with Gasteiger partial charge in [0.05, 0.1) is 23.6 Å². The fourth-order valence-electron chi connectivity index (χ4n) is 1.34. The number of ether oxygens (including phenoxy) is 1. The van der Waals surface area contributed by atoms with Gasteiger partial charge in [-0.3, -0.25) is 14.9 Å². The van der Waals surface area contributed by atoms with Crippen LogP contribution in [0.2, 0.25) is 0 Å². The molecule has 19 heavy (non-hydrogen) atoms. The number of pyridine rings is 1. The summed E-state index contributed by atoms with van der Waals surface area (Å²) in [6.45, 7) is 1.70. The van der Waals surface area contributed by atoms with Gasteiger partial charge in [0.1, 0.15) is 0 Å². The highest BCUT2D eigenvalue weighted by Gasteiger charge is 2.24. The van der Waals surface area contributed by atoms with Crippen molar-refractivity contribution in [3.63, 3.8) is 0 Å². The van der Waals surface area contributed by atoms with Gasteiger partial charge < -0.3 is 4.74 Å². The van der Waals surface area contributed by atoms with Crippen molar-refractivity contribution in [2.75, 3.05) is 6.61 Å². The molecular formula is C10H9F2IN2O4. The van der Waals surface area contributed by atoms with Crippen LogP contribution in [0.15, 0.2) is 6.07 Å². The lowest BCUT2D eigenvalue weighted by Gasteiger charge is -2.08. The summed E-state index contributed by atoms with van der Waals surface area (Å²) in [5, 5.41) is 10.7. The van der Waals surface area contributed by atoms with E-state index in [0.717, 1.165) is 6.07 Å². The molecule has 0 spiro atoms. The molecule has 1 rings (SSSR count). The van der Waals surface area contributed by atoms with E-state index in [1.54, 1.807) is 29.5 Å². The highest BCUT2D eigenvalue weighted by atomic mass is 127. The van der Waals surface area contributed by atoms with Crippen molar-refractivity contribution in [2.45, 2.75) is 19.8 Å². The van der Waals surface area contributed by atoms with E-state index in [1.165, 1.54) is 0 Å². The topological polar surface area (TPSA) is 82.3 Å². The zero-order chi connectivity index (χ0) is 14.6. The number of hydrogen-bond acceptors (Lipinski definition) is 5. The maximum atomic E-state index is 12.8. The van der Waals surface area contributed by atoms with Gasteiger partial charge in [0, 0.05) is 11.6 Å². The number of nitro groups is 1. The third kappa shape index (κ3) is 4.04. The monoisotopic (exact) mass is 386 g/mol. The molecular weight excluding hydrogens is 377 g/mol. The van der Waals surface area contributed by atoms with Gasteiger partial charge in [-0.25, -0.2) is 13.8 Å². The van der Waals surface area contributed by atoms with E-state index in [9.17, 15) is 23.7 Å². The van der Waals surface area contributed by atoms with Crippen molar-refractivity contribution in [1.82, 2.24) is 4.98 Å². The van der Waals surface area contributed by atoms with Crippen LogP contribution in [0.5, 0.6) is 0 Å². The van der Waals surface area contributed by atoms with E-state index >= 15 is 0 Å². The first-order valence-electron chi connectivity index (χ1n) is 5.14. The lowest BCUT2D eigenvalue weighted by molar-refractivity contribution is -0.386. The van der Waals surface area contributed by atoms with Crippen molar-refractivity contribution in [3.8, 4) is 0 Å². The molecule has 9 heteroatoms. The van der Waals surface area contributed by atoms with Gasteiger partial charge in [-0.15, -0.1) is 0 Å². The first-order valence-corrected chi connectivity index (χ1v) is 6.22. The van der Waals surface area contributed by atoms with E-state index in [2.05, 4.69) is 9.72 Å². The van der Waals surface area contributed by atoms with Crippen molar-refractivity contribution in [3.05, 3.63) is 31.1 Å². The Kier molecular flexibility index (Phi) is 5.51. The Morgan fingerprint density at radius 3 is 2.74 bits per heavy atom. The standard InChI is InChI=1S/C10H9F2IN2O4/c1-2-19-8(16)4-6-5(9(11)12)3-7(15(17)18)10(13)14-6/h3,9H,2,4H2,1H3. The molecule has 0 aliphatic rings. The second kappa shape index (κ2) is 6.68. The maximum Gasteiger partial charge on any atom is 0.311 e. The molecule has 0 atom stereocenters. The third-order valence-electron chi connectivity index (χ3n) is 2.12. The summed E-state index contributed by atoms with van der Waals surface area (Å²) in [5.41, 5.74) is -1.34. The highest BCUT2D eigenvalue weighted by molar-refractivity contribution is 14.1. The van der Waals surface area contributed by atoms with Crippen molar-refractivity contribution < 1.29 is 23.2 Å². The molecule has 0 saturated carbocycles. The van der Waals surface area contributed by atoms with Crippen LogP contribution in [0.3, 0.4) is 0 Å². The van der Waals surface area contributed by atoms with Crippen molar-refractivity contribution >= 4 is 34.2 Å². The van der Waals surface area contributed by atoms with E-state index in [4.69, 9.17) is 0 Å². The Bertz CT molecular complexity index is 511. The number of nitrogens with zero attached hydrogens (tertiary/aromatic N) is 2. The maximum absolute atomic E-state index is 12.8. The van der Waals surface area contributed by atoms with Crippen LogP contribution in [0.25, 0.3) is 0 Å². The summed E-state index contributed by atoms with van der Waals surface area (Å²) in [5.74, 6) is -0.707. The summed E-state index contributed by atoms with van der Waals surface area (Å²) < 4.78 is 30.2. The zero-order valence-corrected chi connectivity index (χ0v) is 11.9. The quantitative estimate of drug-likeness (QED) is 0.256. The largest absolute Gasteiger partial charge is 0.466 e. The Morgan fingerprint density at radius 1 is 1.63 bits per heavy atom. The molecule has 104 valence electrons. The number of carbonyl (C=O) groups excluding carboxylic acids is 1. The fraction of sp³-hybridized carbons (Fsp3) is 0.400. The first kappa shape index (κ1) is 15.7. The Hall–Kier alpha value is -1.39. The Labute approximate surface area is 120 Å². The van der Waals surface area contributed by atoms with Gasteiger partial charge in [-0.1, -0.05) is 0 Å². The molecule has 1 heterocycles. The molecule has 0 N–H and O–H groups in total. The van der Waals surface area contributed by atoms with Crippen LogP contribution in [-0.2, 0) is 16.0 Å². The smallest absolute Gasteiger partial charge is 0.311 e. The zero-order valence-electron chi connectivity index (χ0n) is 9.73. The van der Waals surface area contributed by atoms with Gasteiger partial charge in [0.25, 0.3) is 6.43 Å². The van der Waals surface area contributed by atoms with Gasteiger partial charge >= 0.3 is 11.7 Å². The minimum Gasteiger partial charge on any atom is -0.466 e. The van der Waals surface area contributed by atoms with Crippen molar-refractivity contribution in [2.24, 2.45) is 0 Å². The summed E-state index contributed by atoms with van der Waals surface area (Å²) in [4.78, 5) is 24.8. The normalized spacial score (nSPS) is 10.6. The fourth-order valence-corrected chi connectivity index (χ4v) is 1.98. The highest BCUT2D eigenvalue weighted by Crippen LogP contribution is 2.29. The van der Waals surface area contributed by atoms with Crippen LogP contribution in [-0.4, -0.2) is 22.5 Å². The van der Waals surface area contributed by atoms with Crippen LogP contribution < -0.4 is 0 Å². The molecule has 0 radical (unpaired) electrons. The molecule has 0 bridgehead atoms. The van der Waals surface area contributed by atoms with Gasteiger partial charge in [0.15, 0.2) is 3.70 Å². The van der Waals surface area contributed by atoms with Crippen LogP contribution in [0, 0.1) is 13.8 Å². The summed E-state index contributed by atoms with van der Waals surface area (Å²) in [6, 6.07) is 0.744. The van der Waals surface area contributed by atoms with Crippen LogP contribution in [0.4, 0.5) is 14.5 Å². The average Bonchev–Trinajstić information content (AvgIpc) is 2.28. The second-order valence-electron chi connectivity index (χ2n) is 3.37. The average molecular weight is 386 g/mol. The minimum absolute atomic E-state index is 0.0497. The third-order valence-corrected chi connectivity index (χ3v) is 2.91. The molecule has 0 aliphatic heterocycles. The summed E-state index contributed by atoms with van der Waals surface area (Å²) >= 11 is 1.56. The predicted molar refractivity (Wildman–Crippen MR) is 68.9 cm³/mol. The number of rotatable bonds is 5. The second-order valence-corrected chi connectivity index (χ2v) is 4.40. The first-order chi connectivity index (χ1) is 8.86. The molecule has 0 aliphatic carbocycles. The lowest BCUT2D eigenvalue weighted by atomic mass is 10.1. The lowest BCUT2D eigenvalue weighted by Crippen LogP contribution is -2.12. The molecule has 1 aromatic rings. The van der Waals surface area contributed by atoms with E-state index in [0.29, 0.717) is 0 Å². The minimum atomic E-state index is -2.95. The SMILES string of the molecule is CCOC(=O)Cc1nc(I)c([N+](=O)[O-])cc1C(F)F. The van der Waals surface area contributed by atoms with E-state index in [-0.39, 0.29) is 16.0 Å². The van der Waals surface area contributed by atoms with Gasteiger partial charge in [0.2, 0.25) is 0 Å². The molecule has 0 fully saturated rings. The van der Waals surface area contributed by atoms with Crippen LogP contribution in [0.1, 0.15) is 24.6 Å². The van der Waals surface area contributed by atoms with Gasteiger partial charge in [-0.05, 0) is 29.5 Å². The number of alkyl halides is 2. The Balaban J connectivity index is 3.19. The molecule has 0 aromatic carbocycles. The van der Waals surface area contributed by atoms with Crippen molar-refractivity contribution in [1.29, 1.82) is 0 Å². The molecule has 1 aromatic heterocycles. The number of halogens is 3. The van der Waals surface area contributed by atoms with Gasteiger partial charge in [-0.2, -0.15) is 0 Å². The number of carbonyl (C=O) groups is 1. The molecule has 0 saturated heterocycles. The molecule has 6 nitrogen and oxygen atoms in total. The molecule has 0 unspecified atom stereocenters.